The molecule has 1 unspecified atom stereocenters. The van der Waals surface area contributed by atoms with Crippen molar-refractivity contribution in [1.29, 1.82) is 0 Å². The number of ether oxygens (including phenoxy) is 2. The van der Waals surface area contributed by atoms with E-state index in [2.05, 4.69) is 4.74 Å². The summed E-state index contributed by atoms with van der Waals surface area (Å²) in [7, 11) is 0. The van der Waals surface area contributed by atoms with Crippen molar-refractivity contribution >= 4 is 0 Å². The van der Waals surface area contributed by atoms with Crippen LogP contribution in [-0.2, 0) is 9.47 Å². The van der Waals surface area contributed by atoms with Gasteiger partial charge in [-0.1, -0.05) is 0 Å². The van der Waals surface area contributed by atoms with Gasteiger partial charge in [0, 0.05) is 13.2 Å². The largest absolute Gasteiger partial charge is 0.459 e. The normalized spacial score (nSPS) is 21.9. The van der Waals surface area contributed by atoms with E-state index in [0.29, 0.717) is 13.0 Å². The Kier molecular flexibility index (Phi) is 5.05. The number of hydrogen-bond donors (Lipinski definition) is 0. The molecule has 1 rings (SSSR count). The lowest BCUT2D eigenvalue weighted by molar-refractivity contribution is -0.361. The van der Waals surface area contributed by atoms with Gasteiger partial charge in [-0.2, -0.15) is 30.7 Å². The molecule has 1 saturated heterocycles. The second kappa shape index (κ2) is 5.82. The van der Waals surface area contributed by atoms with Gasteiger partial charge in [0.25, 0.3) is 0 Å². The van der Waals surface area contributed by atoms with E-state index in [-0.39, 0.29) is 19.1 Å². The molecule has 1 heterocycles. The molecular formula is C10H13F7O2. The standard InChI is InChI=1S/C10H13F7O2/c11-8(12,9(13,14)10(15,16)17)6-18-5-3-7-2-1-4-19-7/h7H,1-6H2. The first-order chi connectivity index (χ1) is 8.58. The van der Waals surface area contributed by atoms with Crippen molar-refractivity contribution in [1.82, 2.24) is 0 Å². The van der Waals surface area contributed by atoms with E-state index in [9.17, 15) is 30.7 Å². The summed E-state index contributed by atoms with van der Waals surface area (Å²) < 4.78 is 95.1. The fourth-order valence-corrected chi connectivity index (χ4v) is 1.59. The van der Waals surface area contributed by atoms with Gasteiger partial charge in [-0.15, -0.1) is 0 Å². The molecule has 0 aliphatic carbocycles. The highest BCUT2D eigenvalue weighted by Gasteiger charge is 2.72. The zero-order chi connectivity index (χ0) is 14.7. The quantitative estimate of drug-likeness (QED) is 0.553. The van der Waals surface area contributed by atoms with E-state index >= 15 is 0 Å². The third-order valence-corrected chi connectivity index (χ3v) is 2.71. The lowest BCUT2D eigenvalue weighted by Crippen LogP contribution is -2.54. The molecule has 1 aliphatic rings. The summed E-state index contributed by atoms with van der Waals surface area (Å²) in [5.41, 5.74) is 0. The van der Waals surface area contributed by atoms with E-state index in [1.165, 1.54) is 0 Å². The molecule has 19 heavy (non-hydrogen) atoms. The van der Waals surface area contributed by atoms with Gasteiger partial charge in [-0.05, 0) is 19.3 Å². The summed E-state index contributed by atoms with van der Waals surface area (Å²) in [6, 6.07) is 0. The Morgan fingerprint density at radius 2 is 1.68 bits per heavy atom. The summed E-state index contributed by atoms with van der Waals surface area (Å²) in [6.07, 6.45) is -4.84. The van der Waals surface area contributed by atoms with Crippen LogP contribution >= 0.6 is 0 Å². The first kappa shape index (κ1) is 16.5. The maximum absolute atomic E-state index is 12.8. The van der Waals surface area contributed by atoms with Gasteiger partial charge in [0.05, 0.1) is 6.10 Å². The summed E-state index contributed by atoms with van der Waals surface area (Å²) >= 11 is 0. The summed E-state index contributed by atoms with van der Waals surface area (Å²) in [5.74, 6) is -11.4. The average Bonchev–Trinajstić information content (AvgIpc) is 2.75. The molecule has 1 atom stereocenters. The Labute approximate surface area is 104 Å². The molecule has 0 N–H and O–H groups in total. The van der Waals surface area contributed by atoms with Crippen molar-refractivity contribution in [2.45, 2.75) is 43.4 Å². The lowest BCUT2D eigenvalue weighted by atomic mass is 10.1. The second-order valence-corrected chi connectivity index (χ2v) is 4.25. The SMILES string of the molecule is FC(F)(F)C(F)(F)C(F)(F)COCCC1CCCO1. The maximum Gasteiger partial charge on any atom is 0.459 e. The third kappa shape index (κ3) is 3.95. The summed E-state index contributed by atoms with van der Waals surface area (Å²) in [6.45, 7) is -1.81. The van der Waals surface area contributed by atoms with Gasteiger partial charge in [-0.3, -0.25) is 0 Å². The molecule has 2 nitrogen and oxygen atoms in total. The minimum atomic E-state index is -6.31. The Balaban J connectivity index is 2.37. The van der Waals surface area contributed by atoms with Gasteiger partial charge in [0.1, 0.15) is 6.61 Å². The van der Waals surface area contributed by atoms with E-state index in [1.54, 1.807) is 0 Å². The molecule has 114 valence electrons. The number of rotatable bonds is 6. The number of alkyl halides is 7. The van der Waals surface area contributed by atoms with Crippen molar-refractivity contribution in [3.05, 3.63) is 0 Å². The van der Waals surface area contributed by atoms with Crippen LogP contribution in [0, 0.1) is 0 Å². The van der Waals surface area contributed by atoms with Crippen LogP contribution in [0.1, 0.15) is 19.3 Å². The van der Waals surface area contributed by atoms with Gasteiger partial charge >= 0.3 is 18.0 Å². The van der Waals surface area contributed by atoms with E-state index < -0.39 is 24.6 Å². The Hall–Kier alpha value is -0.570. The zero-order valence-corrected chi connectivity index (χ0v) is 9.78. The highest BCUT2D eigenvalue weighted by molar-refractivity contribution is 4.90. The zero-order valence-electron chi connectivity index (χ0n) is 9.78. The van der Waals surface area contributed by atoms with E-state index in [0.717, 1.165) is 6.42 Å². The van der Waals surface area contributed by atoms with Crippen LogP contribution in [0.5, 0.6) is 0 Å². The minimum absolute atomic E-state index is 0.188. The summed E-state index contributed by atoms with van der Waals surface area (Å²) in [5, 5.41) is 0. The third-order valence-electron chi connectivity index (χ3n) is 2.71. The molecule has 0 bridgehead atoms. The summed E-state index contributed by atoms with van der Waals surface area (Å²) in [4.78, 5) is 0. The van der Waals surface area contributed by atoms with Crippen LogP contribution < -0.4 is 0 Å². The van der Waals surface area contributed by atoms with Gasteiger partial charge in [-0.25, -0.2) is 0 Å². The molecule has 0 radical (unpaired) electrons. The molecule has 0 spiro atoms. The molecule has 0 amide bonds. The Morgan fingerprint density at radius 3 is 2.16 bits per heavy atom. The first-order valence-corrected chi connectivity index (χ1v) is 5.59. The number of halogens is 7. The van der Waals surface area contributed by atoms with Crippen LogP contribution in [0.15, 0.2) is 0 Å². The van der Waals surface area contributed by atoms with Gasteiger partial charge in [0.2, 0.25) is 0 Å². The van der Waals surface area contributed by atoms with Crippen LogP contribution in [0.3, 0.4) is 0 Å². The lowest BCUT2D eigenvalue weighted by Gasteiger charge is -2.28. The molecule has 1 aliphatic heterocycles. The molecule has 0 aromatic carbocycles. The van der Waals surface area contributed by atoms with Crippen molar-refractivity contribution in [2.75, 3.05) is 19.8 Å². The predicted octanol–water partition coefficient (Wildman–Crippen LogP) is 3.41. The molecule has 0 aromatic heterocycles. The van der Waals surface area contributed by atoms with Gasteiger partial charge < -0.3 is 9.47 Å². The molecule has 9 heteroatoms. The molecule has 0 aromatic rings. The smallest absolute Gasteiger partial charge is 0.378 e. The van der Waals surface area contributed by atoms with Gasteiger partial charge in [0.15, 0.2) is 0 Å². The maximum atomic E-state index is 12.8. The van der Waals surface area contributed by atoms with Crippen LogP contribution in [0.25, 0.3) is 0 Å². The Bertz CT molecular complexity index is 284. The van der Waals surface area contributed by atoms with Crippen molar-refractivity contribution in [2.24, 2.45) is 0 Å². The fraction of sp³-hybridized carbons (Fsp3) is 1.00. The van der Waals surface area contributed by atoms with Crippen LogP contribution in [0.2, 0.25) is 0 Å². The number of hydrogen-bond acceptors (Lipinski definition) is 2. The van der Waals surface area contributed by atoms with Crippen LogP contribution in [-0.4, -0.2) is 43.9 Å². The first-order valence-electron chi connectivity index (χ1n) is 5.59. The predicted molar refractivity (Wildman–Crippen MR) is 50.4 cm³/mol. The topological polar surface area (TPSA) is 18.5 Å². The average molecular weight is 298 g/mol. The van der Waals surface area contributed by atoms with Crippen molar-refractivity contribution in [3.8, 4) is 0 Å². The van der Waals surface area contributed by atoms with E-state index in [1.807, 2.05) is 0 Å². The second-order valence-electron chi connectivity index (χ2n) is 4.25. The Morgan fingerprint density at radius 1 is 1.05 bits per heavy atom. The molecular weight excluding hydrogens is 285 g/mol. The molecule has 1 fully saturated rings. The van der Waals surface area contributed by atoms with E-state index in [4.69, 9.17) is 4.74 Å². The molecule has 0 saturated carbocycles. The fourth-order valence-electron chi connectivity index (χ4n) is 1.59. The van der Waals surface area contributed by atoms with Crippen LogP contribution in [0.4, 0.5) is 30.7 Å². The van der Waals surface area contributed by atoms with Crippen molar-refractivity contribution < 1.29 is 40.2 Å². The monoisotopic (exact) mass is 298 g/mol. The highest BCUT2D eigenvalue weighted by Crippen LogP contribution is 2.46. The highest BCUT2D eigenvalue weighted by atomic mass is 19.4. The minimum Gasteiger partial charge on any atom is -0.378 e. The van der Waals surface area contributed by atoms with Crippen molar-refractivity contribution in [3.63, 3.8) is 0 Å².